The Balaban J connectivity index is 0.00000242. The zero-order chi connectivity index (χ0) is 15.6. The zero-order valence-electron chi connectivity index (χ0n) is 11.3. The summed E-state index contributed by atoms with van der Waals surface area (Å²) in [7, 11) is 0. The molecule has 0 radical (unpaired) electrons. The van der Waals surface area contributed by atoms with E-state index in [2.05, 4.69) is 5.32 Å². The van der Waals surface area contributed by atoms with Crippen LogP contribution in [0.5, 0.6) is 0 Å². The van der Waals surface area contributed by atoms with Gasteiger partial charge in [0.1, 0.15) is 0 Å². The first-order valence-electron chi connectivity index (χ1n) is 6.16. The summed E-state index contributed by atoms with van der Waals surface area (Å²) >= 11 is 11.6. The molecule has 0 unspecified atom stereocenters. The number of carboxylic acid groups (broad SMARTS) is 1. The highest BCUT2D eigenvalue weighted by molar-refractivity contribution is 7.59. The minimum Gasteiger partial charge on any atom is -0.474 e. The Kier molecular flexibility index (Phi) is 6.52. The van der Waals surface area contributed by atoms with Crippen molar-refractivity contribution in [3.05, 3.63) is 28.2 Å². The van der Waals surface area contributed by atoms with Crippen molar-refractivity contribution in [1.82, 2.24) is 4.90 Å². The highest BCUT2D eigenvalue weighted by Gasteiger charge is 2.33. The highest BCUT2D eigenvalue weighted by Crippen LogP contribution is 2.26. The molecule has 1 heterocycles. The van der Waals surface area contributed by atoms with E-state index in [-0.39, 0.29) is 32.5 Å². The van der Waals surface area contributed by atoms with E-state index in [1.165, 1.54) is 6.07 Å². The largest absolute Gasteiger partial charge is 0.474 e. The molecule has 1 aliphatic heterocycles. The molecule has 1 atom stereocenters. The van der Waals surface area contributed by atoms with E-state index < -0.39 is 17.8 Å². The molecule has 120 valence electrons. The summed E-state index contributed by atoms with van der Waals surface area (Å²) in [4.78, 5) is 35.2. The van der Waals surface area contributed by atoms with E-state index >= 15 is 0 Å². The standard InChI is InChI=1S/C13H12Cl2N2O4.H2S/c14-9-2-1-8(5-10(9)15)16-11(18)7-3-4-17(6-7)12(19)13(20)21;/h1-2,5,7H,3-4,6H2,(H,16,18)(H,20,21);1H2/t7-;/m0./s1. The highest BCUT2D eigenvalue weighted by atomic mass is 35.5. The first-order chi connectivity index (χ1) is 9.88. The van der Waals surface area contributed by atoms with Crippen molar-refractivity contribution in [1.29, 1.82) is 0 Å². The molecule has 2 rings (SSSR count). The van der Waals surface area contributed by atoms with Gasteiger partial charge in [-0.3, -0.25) is 9.59 Å². The average Bonchev–Trinajstić information content (AvgIpc) is 2.91. The summed E-state index contributed by atoms with van der Waals surface area (Å²) in [6.45, 7) is 0.350. The van der Waals surface area contributed by atoms with E-state index in [4.69, 9.17) is 28.3 Å². The number of nitrogens with one attached hydrogen (secondary N) is 1. The molecule has 2 N–H and O–H groups in total. The van der Waals surface area contributed by atoms with Crippen LogP contribution < -0.4 is 5.32 Å². The lowest BCUT2D eigenvalue weighted by Crippen LogP contribution is -2.35. The van der Waals surface area contributed by atoms with Crippen LogP contribution in [0.4, 0.5) is 5.69 Å². The molecule has 0 spiro atoms. The number of aliphatic carboxylic acids is 1. The van der Waals surface area contributed by atoms with Crippen LogP contribution in [-0.2, 0) is 14.4 Å². The second-order valence-corrected chi connectivity index (χ2v) is 5.47. The van der Waals surface area contributed by atoms with Crippen molar-refractivity contribution < 1.29 is 19.5 Å². The molecule has 0 aliphatic carbocycles. The molecular weight excluding hydrogens is 351 g/mol. The Labute approximate surface area is 143 Å². The topological polar surface area (TPSA) is 86.7 Å². The van der Waals surface area contributed by atoms with Gasteiger partial charge >= 0.3 is 11.9 Å². The van der Waals surface area contributed by atoms with E-state index in [0.717, 1.165) is 4.90 Å². The van der Waals surface area contributed by atoms with Crippen LogP contribution in [0.15, 0.2) is 18.2 Å². The van der Waals surface area contributed by atoms with Gasteiger partial charge in [-0.1, -0.05) is 23.2 Å². The quantitative estimate of drug-likeness (QED) is 0.785. The molecule has 6 nitrogen and oxygen atoms in total. The number of carbonyl (C=O) groups is 3. The fraction of sp³-hybridized carbons (Fsp3) is 0.308. The maximum atomic E-state index is 12.1. The second kappa shape index (κ2) is 7.71. The third-order valence-corrected chi connectivity index (χ3v) is 3.96. The molecule has 1 aromatic carbocycles. The van der Waals surface area contributed by atoms with Gasteiger partial charge in [0.2, 0.25) is 5.91 Å². The number of carbonyl (C=O) groups excluding carboxylic acids is 2. The van der Waals surface area contributed by atoms with Crippen LogP contribution in [0.3, 0.4) is 0 Å². The number of benzene rings is 1. The van der Waals surface area contributed by atoms with Gasteiger partial charge in [-0.25, -0.2) is 4.79 Å². The molecule has 1 saturated heterocycles. The van der Waals surface area contributed by atoms with Crippen molar-refractivity contribution in [2.45, 2.75) is 6.42 Å². The zero-order valence-corrected chi connectivity index (χ0v) is 13.8. The lowest BCUT2D eigenvalue weighted by molar-refractivity contribution is -0.155. The Hall–Kier alpha value is -1.44. The molecule has 0 aromatic heterocycles. The number of rotatable bonds is 2. The molecule has 0 bridgehead atoms. The third kappa shape index (κ3) is 4.28. The van der Waals surface area contributed by atoms with Crippen molar-refractivity contribution in [2.75, 3.05) is 18.4 Å². The van der Waals surface area contributed by atoms with E-state index in [1.54, 1.807) is 12.1 Å². The Morgan fingerprint density at radius 2 is 1.91 bits per heavy atom. The Morgan fingerprint density at radius 1 is 1.23 bits per heavy atom. The average molecular weight is 365 g/mol. The number of hydrogen-bond acceptors (Lipinski definition) is 3. The normalized spacial score (nSPS) is 16.8. The van der Waals surface area contributed by atoms with Crippen molar-refractivity contribution in [2.24, 2.45) is 5.92 Å². The Bertz CT molecular complexity index is 612. The van der Waals surface area contributed by atoms with Crippen LogP contribution in [0.2, 0.25) is 10.0 Å². The number of likely N-dealkylation sites (tertiary alicyclic amines) is 1. The molecule has 2 amide bonds. The minimum absolute atomic E-state index is 0. The fourth-order valence-corrected chi connectivity index (χ4v) is 2.41. The van der Waals surface area contributed by atoms with E-state index in [0.29, 0.717) is 22.2 Å². The Morgan fingerprint density at radius 3 is 2.50 bits per heavy atom. The van der Waals surface area contributed by atoms with Crippen molar-refractivity contribution in [3.8, 4) is 0 Å². The number of halogens is 2. The molecular formula is C13H14Cl2N2O4S. The third-order valence-electron chi connectivity index (χ3n) is 3.22. The van der Waals surface area contributed by atoms with Crippen LogP contribution in [-0.4, -0.2) is 40.9 Å². The molecule has 9 heteroatoms. The lowest BCUT2D eigenvalue weighted by Gasteiger charge is -2.14. The number of amides is 2. The van der Waals surface area contributed by atoms with Crippen LogP contribution in [0.1, 0.15) is 6.42 Å². The first kappa shape index (κ1) is 18.6. The maximum absolute atomic E-state index is 12.1. The number of anilines is 1. The van der Waals surface area contributed by atoms with Crippen LogP contribution in [0, 0.1) is 5.92 Å². The molecule has 1 aromatic rings. The van der Waals surface area contributed by atoms with Gasteiger partial charge in [-0.05, 0) is 24.6 Å². The number of nitrogens with zero attached hydrogens (tertiary/aromatic N) is 1. The summed E-state index contributed by atoms with van der Waals surface area (Å²) < 4.78 is 0. The van der Waals surface area contributed by atoms with Crippen LogP contribution in [0.25, 0.3) is 0 Å². The predicted octanol–water partition coefficient (Wildman–Crippen LogP) is 1.98. The van der Waals surface area contributed by atoms with Crippen LogP contribution >= 0.6 is 36.7 Å². The van der Waals surface area contributed by atoms with Gasteiger partial charge in [0.25, 0.3) is 0 Å². The van der Waals surface area contributed by atoms with Gasteiger partial charge < -0.3 is 15.3 Å². The fourth-order valence-electron chi connectivity index (χ4n) is 2.11. The predicted molar refractivity (Wildman–Crippen MR) is 87.8 cm³/mol. The summed E-state index contributed by atoms with van der Waals surface area (Å²) in [5.41, 5.74) is 0.498. The first-order valence-corrected chi connectivity index (χ1v) is 6.92. The molecule has 1 aliphatic rings. The number of carboxylic acids is 1. The van der Waals surface area contributed by atoms with E-state index in [9.17, 15) is 14.4 Å². The van der Waals surface area contributed by atoms with E-state index in [1.807, 2.05) is 0 Å². The monoisotopic (exact) mass is 364 g/mol. The summed E-state index contributed by atoms with van der Waals surface area (Å²) in [5, 5.41) is 12.0. The minimum atomic E-state index is -1.51. The SMILES string of the molecule is O=C(O)C(=O)N1CC[C@H](C(=O)Nc2ccc(Cl)c(Cl)c2)C1.S. The molecule has 0 saturated carbocycles. The van der Waals surface area contributed by atoms with Gasteiger partial charge in [0, 0.05) is 18.8 Å². The van der Waals surface area contributed by atoms with Gasteiger partial charge in [0.05, 0.1) is 16.0 Å². The number of hydrogen-bond donors (Lipinski definition) is 2. The van der Waals surface area contributed by atoms with Gasteiger partial charge in [-0.2, -0.15) is 13.5 Å². The summed E-state index contributed by atoms with van der Waals surface area (Å²) in [6.07, 6.45) is 0.423. The molecule has 22 heavy (non-hydrogen) atoms. The second-order valence-electron chi connectivity index (χ2n) is 4.66. The summed E-state index contributed by atoms with van der Waals surface area (Å²) in [5.74, 6) is -3.22. The van der Waals surface area contributed by atoms with Gasteiger partial charge in [0.15, 0.2) is 0 Å². The maximum Gasteiger partial charge on any atom is 0.394 e. The van der Waals surface area contributed by atoms with Gasteiger partial charge in [-0.15, -0.1) is 0 Å². The lowest BCUT2D eigenvalue weighted by atomic mass is 10.1. The van der Waals surface area contributed by atoms with Crippen molar-refractivity contribution in [3.63, 3.8) is 0 Å². The smallest absolute Gasteiger partial charge is 0.394 e. The van der Waals surface area contributed by atoms with Crippen molar-refractivity contribution >= 4 is 60.2 Å². The molecule has 1 fully saturated rings. The summed E-state index contributed by atoms with van der Waals surface area (Å²) in [6, 6.07) is 4.70.